The van der Waals surface area contributed by atoms with Crippen LogP contribution in [-0.2, 0) is 6.67 Å². The Balaban J connectivity index is 3.11. The lowest BCUT2D eigenvalue weighted by Crippen LogP contribution is -1.97. The van der Waals surface area contributed by atoms with Gasteiger partial charge in [-0.15, -0.1) is 0 Å². The van der Waals surface area contributed by atoms with Gasteiger partial charge in [0.15, 0.2) is 0 Å². The van der Waals surface area contributed by atoms with Crippen LogP contribution in [0.25, 0.3) is 0 Å². The SMILES string of the molecule is FCc1cc(F)cnc1C(F)F. The second-order valence-electron chi connectivity index (χ2n) is 2.13. The molecule has 0 N–H and O–H groups in total. The second-order valence-corrected chi connectivity index (χ2v) is 2.13. The summed E-state index contributed by atoms with van der Waals surface area (Å²) >= 11 is 0. The smallest absolute Gasteiger partial charge is 0.252 e. The Labute approximate surface area is 66.0 Å². The van der Waals surface area contributed by atoms with E-state index in [4.69, 9.17) is 0 Å². The van der Waals surface area contributed by atoms with Crippen LogP contribution in [-0.4, -0.2) is 4.98 Å². The molecule has 12 heavy (non-hydrogen) atoms. The van der Waals surface area contributed by atoms with E-state index in [1.165, 1.54) is 0 Å². The first-order chi connectivity index (χ1) is 5.65. The molecule has 1 nitrogen and oxygen atoms in total. The zero-order valence-corrected chi connectivity index (χ0v) is 5.90. The lowest BCUT2D eigenvalue weighted by Gasteiger charge is -2.02. The molecule has 0 aromatic carbocycles. The van der Waals surface area contributed by atoms with Crippen LogP contribution in [0.1, 0.15) is 17.7 Å². The van der Waals surface area contributed by atoms with E-state index in [-0.39, 0.29) is 0 Å². The molecule has 0 saturated carbocycles. The quantitative estimate of drug-likeness (QED) is 0.636. The van der Waals surface area contributed by atoms with Gasteiger partial charge in [-0.3, -0.25) is 4.98 Å². The molecule has 1 aromatic rings. The highest BCUT2D eigenvalue weighted by molar-refractivity contribution is 5.20. The van der Waals surface area contributed by atoms with Gasteiger partial charge in [0.2, 0.25) is 0 Å². The van der Waals surface area contributed by atoms with Crippen LogP contribution in [0.3, 0.4) is 0 Å². The molecule has 0 amide bonds. The maximum Gasteiger partial charge on any atom is 0.280 e. The molecule has 1 heterocycles. The van der Waals surface area contributed by atoms with E-state index in [1.807, 2.05) is 0 Å². The third kappa shape index (κ3) is 1.72. The van der Waals surface area contributed by atoms with Crippen LogP contribution in [0.5, 0.6) is 0 Å². The molecule has 0 aliphatic rings. The van der Waals surface area contributed by atoms with Gasteiger partial charge in [0.05, 0.1) is 6.20 Å². The van der Waals surface area contributed by atoms with Crippen molar-refractivity contribution >= 4 is 0 Å². The Kier molecular flexibility index (Phi) is 2.62. The summed E-state index contributed by atoms with van der Waals surface area (Å²) in [6, 6.07) is 0.717. The van der Waals surface area contributed by atoms with Crippen molar-refractivity contribution in [1.29, 1.82) is 0 Å². The van der Waals surface area contributed by atoms with Gasteiger partial charge in [-0.05, 0) is 6.07 Å². The fourth-order valence-corrected chi connectivity index (χ4v) is 0.795. The molecule has 0 bridgehead atoms. The lowest BCUT2D eigenvalue weighted by molar-refractivity contribution is 0.143. The largest absolute Gasteiger partial charge is 0.280 e. The standard InChI is InChI=1S/C7H5F4N/c8-2-4-1-5(9)3-12-6(4)7(10)11/h1,3,7H,2H2. The van der Waals surface area contributed by atoms with Crippen molar-refractivity contribution in [1.82, 2.24) is 4.98 Å². The predicted octanol–water partition coefficient (Wildman–Crippen LogP) is 2.63. The molecule has 0 saturated heterocycles. The number of alkyl halides is 3. The number of hydrogen-bond acceptors (Lipinski definition) is 1. The Hall–Kier alpha value is -1.13. The normalized spacial score (nSPS) is 10.8. The van der Waals surface area contributed by atoms with Crippen LogP contribution < -0.4 is 0 Å². The van der Waals surface area contributed by atoms with E-state index in [2.05, 4.69) is 4.98 Å². The van der Waals surface area contributed by atoms with E-state index < -0.39 is 30.2 Å². The van der Waals surface area contributed by atoms with Crippen molar-refractivity contribution in [2.75, 3.05) is 0 Å². The molecule has 0 aliphatic carbocycles. The van der Waals surface area contributed by atoms with Gasteiger partial charge in [-0.25, -0.2) is 17.6 Å². The Morgan fingerprint density at radius 2 is 2.08 bits per heavy atom. The Morgan fingerprint density at radius 3 is 2.58 bits per heavy atom. The summed E-state index contributed by atoms with van der Waals surface area (Å²) in [4.78, 5) is 3.08. The average Bonchev–Trinajstić information content (AvgIpc) is 2.03. The van der Waals surface area contributed by atoms with E-state index in [1.54, 1.807) is 0 Å². The number of rotatable bonds is 2. The molecule has 0 aliphatic heterocycles. The zero-order chi connectivity index (χ0) is 9.14. The highest BCUT2D eigenvalue weighted by atomic mass is 19.3. The minimum absolute atomic E-state index is 0.398. The van der Waals surface area contributed by atoms with Gasteiger partial charge in [0, 0.05) is 5.56 Å². The molecule has 0 unspecified atom stereocenters. The monoisotopic (exact) mass is 179 g/mol. The van der Waals surface area contributed by atoms with Gasteiger partial charge in [-0.2, -0.15) is 0 Å². The molecule has 0 spiro atoms. The maximum atomic E-state index is 12.3. The minimum Gasteiger partial charge on any atom is -0.252 e. The molecule has 1 rings (SSSR count). The molecule has 5 heteroatoms. The molecular weight excluding hydrogens is 174 g/mol. The fraction of sp³-hybridized carbons (Fsp3) is 0.286. The second kappa shape index (κ2) is 3.51. The van der Waals surface area contributed by atoms with Crippen LogP contribution in [0, 0.1) is 5.82 Å². The summed E-state index contributed by atoms with van der Waals surface area (Å²) in [7, 11) is 0. The summed E-state index contributed by atoms with van der Waals surface area (Å²) in [5.74, 6) is -0.813. The van der Waals surface area contributed by atoms with Gasteiger partial charge < -0.3 is 0 Å². The van der Waals surface area contributed by atoms with Crippen LogP contribution in [0.4, 0.5) is 17.6 Å². The van der Waals surface area contributed by atoms with E-state index in [0.717, 1.165) is 0 Å². The van der Waals surface area contributed by atoms with E-state index in [9.17, 15) is 17.6 Å². The fourth-order valence-electron chi connectivity index (χ4n) is 0.795. The molecule has 66 valence electrons. The first-order valence-corrected chi connectivity index (χ1v) is 3.13. The molecule has 0 atom stereocenters. The van der Waals surface area contributed by atoms with E-state index in [0.29, 0.717) is 12.3 Å². The molecule has 1 aromatic heterocycles. The van der Waals surface area contributed by atoms with Gasteiger partial charge in [0.1, 0.15) is 18.2 Å². The van der Waals surface area contributed by atoms with Crippen LogP contribution in [0.2, 0.25) is 0 Å². The summed E-state index contributed by atoms with van der Waals surface area (Å²) < 4.78 is 48.3. The number of halogens is 4. The Morgan fingerprint density at radius 1 is 1.42 bits per heavy atom. The number of hydrogen-bond donors (Lipinski definition) is 0. The van der Waals surface area contributed by atoms with Gasteiger partial charge >= 0.3 is 0 Å². The van der Waals surface area contributed by atoms with Crippen molar-refractivity contribution in [3.63, 3.8) is 0 Å². The predicted molar refractivity (Wildman–Crippen MR) is 34.0 cm³/mol. The number of pyridine rings is 1. The first kappa shape index (κ1) is 8.96. The van der Waals surface area contributed by atoms with Gasteiger partial charge in [-0.1, -0.05) is 0 Å². The zero-order valence-electron chi connectivity index (χ0n) is 5.90. The van der Waals surface area contributed by atoms with Crippen molar-refractivity contribution in [2.24, 2.45) is 0 Å². The third-order valence-electron chi connectivity index (χ3n) is 1.32. The average molecular weight is 179 g/mol. The number of nitrogens with zero attached hydrogens (tertiary/aromatic N) is 1. The highest BCUT2D eigenvalue weighted by Crippen LogP contribution is 2.21. The summed E-state index contributed by atoms with van der Waals surface area (Å²) in [6.07, 6.45) is -2.22. The first-order valence-electron chi connectivity index (χ1n) is 3.13. The van der Waals surface area contributed by atoms with Crippen molar-refractivity contribution in [3.8, 4) is 0 Å². The van der Waals surface area contributed by atoms with Crippen LogP contribution in [0.15, 0.2) is 12.3 Å². The van der Waals surface area contributed by atoms with Gasteiger partial charge in [0.25, 0.3) is 6.43 Å². The molecule has 0 radical (unpaired) electrons. The summed E-state index contributed by atoms with van der Waals surface area (Å²) in [6.45, 7) is -1.13. The molecule has 0 fully saturated rings. The van der Waals surface area contributed by atoms with Crippen LogP contribution >= 0.6 is 0 Å². The summed E-state index contributed by atoms with van der Waals surface area (Å²) in [5.41, 5.74) is -1.09. The van der Waals surface area contributed by atoms with Crippen molar-refractivity contribution in [2.45, 2.75) is 13.1 Å². The highest BCUT2D eigenvalue weighted by Gasteiger charge is 2.14. The minimum atomic E-state index is -2.86. The lowest BCUT2D eigenvalue weighted by atomic mass is 10.2. The number of aromatic nitrogens is 1. The van der Waals surface area contributed by atoms with E-state index >= 15 is 0 Å². The molecular formula is C7H5F4N. The Bertz CT molecular complexity index is 274. The summed E-state index contributed by atoms with van der Waals surface area (Å²) in [5, 5.41) is 0. The third-order valence-corrected chi connectivity index (χ3v) is 1.32. The topological polar surface area (TPSA) is 12.9 Å². The van der Waals surface area contributed by atoms with Crippen molar-refractivity contribution in [3.05, 3.63) is 29.3 Å². The van der Waals surface area contributed by atoms with Crippen molar-refractivity contribution < 1.29 is 17.6 Å². The maximum absolute atomic E-state index is 12.3.